The molecule has 96 valence electrons. The molecule has 0 amide bonds. The van der Waals surface area contributed by atoms with E-state index in [0.29, 0.717) is 5.92 Å². The number of benzene rings is 1. The molecule has 0 bridgehead atoms. The topological polar surface area (TPSA) is 12.0 Å². The first kappa shape index (κ1) is 14.2. The fourth-order valence-corrected chi connectivity index (χ4v) is 1.95. The van der Waals surface area contributed by atoms with Crippen molar-refractivity contribution in [3.63, 3.8) is 0 Å². The van der Waals surface area contributed by atoms with E-state index in [1.54, 1.807) is 12.1 Å². The fourth-order valence-electron chi connectivity index (χ4n) is 1.95. The Hall–Kier alpha value is -0.890. The number of halogens is 1. The molecule has 1 aromatic carbocycles. The fraction of sp³-hybridized carbons (Fsp3) is 0.600. The zero-order valence-electron chi connectivity index (χ0n) is 11.2. The Morgan fingerprint density at radius 2 is 2.06 bits per heavy atom. The molecule has 2 unspecified atom stereocenters. The molecule has 0 fully saturated rings. The Balaban J connectivity index is 2.74. The summed E-state index contributed by atoms with van der Waals surface area (Å²) in [4.78, 5) is 0. The molecule has 1 rings (SSSR count). The van der Waals surface area contributed by atoms with Gasteiger partial charge in [-0.15, -0.1) is 0 Å². The molecular weight excluding hydrogens is 213 g/mol. The van der Waals surface area contributed by atoms with E-state index in [1.807, 2.05) is 6.07 Å². The second kappa shape index (κ2) is 7.44. The van der Waals surface area contributed by atoms with Gasteiger partial charge in [0, 0.05) is 6.04 Å². The van der Waals surface area contributed by atoms with E-state index in [0.717, 1.165) is 24.9 Å². The highest BCUT2D eigenvalue weighted by Crippen LogP contribution is 2.23. The van der Waals surface area contributed by atoms with E-state index in [1.165, 1.54) is 12.5 Å². The van der Waals surface area contributed by atoms with E-state index in [4.69, 9.17) is 0 Å². The zero-order valence-corrected chi connectivity index (χ0v) is 11.2. The van der Waals surface area contributed by atoms with Gasteiger partial charge < -0.3 is 5.32 Å². The van der Waals surface area contributed by atoms with Crippen molar-refractivity contribution in [1.82, 2.24) is 5.32 Å². The van der Waals surface area contributed by atoms with Crippen LogP contribution in [-0.4, -0.2) is 6.54 Å². The van der Waals surface area contributed by atoms with Crippen molar-refractivity contribution in [2.24, 2.45) is 5.92 Å². The van der Waals surface area contributed by atoms with Crippen LogP contribution in [0.15, 0.2) is 24.3 Å². The van der Waals surface area contributed by atoms with Gasteiger partial charge >= 0.3 is 0 Å². The average molecular weight is 237 g/mol. The maximum absolute atomic E-state index is 13.2. The highest BCUT2D eigenvalue weighted by Gasteiger charge is 2.14. The number of hydrogen-bond donors (Lipinski definition) is 1. The van der Waals surface area contributed by atoms with Gasteiger partial charge in [0.25, 0.3) is 0 Å². The van der Waals surface area contributed by atoms with E-state index < -0.39 is 0 Å². The van der Waals surface area contributed by atoms with Crippen LogP contribution in [-0.2, 0) is 0 Å². The molecule has 0 aromatic heterocycles. The van der Waals surface area contributed by atoms with Gasteiger partial charge in [-0.1, -0.05) is 39.3 Å². The first-order valence-electron chi connectivity index (χ1n) is 6.66. The summed E-state index contributed by atoms with van der Waals surface area (Å²) >= 11 is 0. The highest BCUT2D eigenvalue weighted by molar-refractivity contribution is 5.20. The van der Waals surface area contributed by atoms with Crippen LogP contribution < -0.4 is 5.32 Å². The predicted molar refractivity (Wildman–Crippen MR) is 71.5 cm³/mol. The molecule has 17 heavy (non-hydrogen) atoms. The molecule has 0 saturated carbocycles. The molecule has 0 aliphatic carbocycles. The third-order valence-corrected chi connectivity index (χ3v) is 3.23. The third-order valence-electron chi connectivity index (χ3n) is 3.23. The van der Waals surface area contributed by atoms with Gasteiger partial charge in [-0.25, -0.2) is 4.39 Å². The number of hydrogen-bond acceptors (Lipinski definition) is 1. The predicted octanol–water partition coefficient (Wildman–Crippen LogP) is 4.30. The average Bonchev–Trinajstić information content (AvgIpc) is 2.34. The lowest BCUT2D eigenvalue weighted by molar-refractivity contribution is 0.401. The van der Waals surface area contributed by atoms with Crippen LogP contribution in [0.2, 0.25) is 0 Å². The summed E-state index contributed by atoms with van der Waals surface area (Å²) in [6.07, 6.45) is 3.34. The largest absolute Gasteiger partial charge is 0.310 e. The molecular formula is C15H24FN. The van der Waals surface area contributed by atoms with Crippen LogP contribution in [0.4, 0.5) is 4.39 Å². The molecule has 2 atom stereocenters. The Bertz CT molecular complexity index is 324. The van der Waals surface area contributed by atoms with Gasteiger partial charge in [-0.2, -0.15) is 0 Å². The Morgan fingerprint density at radius 1 is 1.29 bits per heavy atom. The molecule has 0 saturated heterocycles. The molecule has 2 heteroatoms. The van der Waals surface area contributed by atoms with Gasteiger partial charge in [0.2, 0.25) is 0 Å². The standard InChI is InChI=1S/C15H24FN/c1-4-9-17-15(10-12(3)5-2)13-7-6-8-14(16)11-13/h6-8,11-12,15,17H,4-5,9-10H2,1-3H3. The van der Waals surface area contributed by atoms with Crippen LogP contribution in [0.5, 0.6) is 0 Å². The minimum Gasteiger partial charge on any atom is -0.310 e. The van der Waals surface area contributed by atoms with Crippen molar-refractivity contribution >= 4 is 0 Å². The van der Waals surface area contributed by atoms with Crippen LogP contribution in [0.3, 0.4) is 0 Å². The maximum Gasteiger partial charge on any atom is 0.123 e. The van der Waals surface area contributed by atoms with Gasteiger partial charge in [-0.3, -0.25) is 0 Å². The van der Waals surface area contributed by atoms with Crippen LogP contribution in [0, 0.1) is 11.7 Å². The van der Waals surface area contributed by atoms with Crippen molar-refractivity contribution in [3.05, 3.63) is 35.6 Å². The smallest absolute Gasteiger partial charge is 0.123 e. The maximum atomic E-state index is 13.2. The molecule has 0 radical (unpaired) electrons. The summed E-state index contributed by atoms with van der Waals surface area (Å²) < 4.78 is 13.2. The van der Waals surface area contributed by atoms with Crippen LogP contribution in [0.1, 0.15) is 51.6 Å². The summed E-state index contributed by atoms with van der Waals surface area (Å²) in [6, 6.07) is 7.24. The normalized spacial score (nSPS) is 14.6. The minimum atomic E-state index is -0.144. The summed E-state index contributed by atoms with van der Waals surface area (Å²) in [7, 11) is 0. The quantitative estimate of drug-likeness (QED) is 0.745. The second-order valence-corrected chi connectivity index (χ2v) is 4.81. The van der Waals surface area contributed by atoms with E-state index in [-0.39, 0.29) is 11.9 Å². The SMILES string of the molecule is CCCNC(CC(C)CC)c1cccc(F)c1. The molecule has 0 aliphatic rings. The van der Waals surface area contributed by atoms with Crippen LogP contribution in [0.25, 0.3) is 0 Å². The van der Waals surface area contributed by atoms with Crippen molar-refractivity contribution < 1.29 is 4.39 Å². The van der Waals surface area contributed by atoms with Gasteiger partial charge in [-0.05, 0) is 43.0 Å². The van der Waals surface area contributed by atoms with Crippen LogP contribution >= 0.6 is 0 Å². The molecule has 0 aliphatic heterocycles. The molecule has 0 heterocycles. The second-order valence-electron chi connectivity index (χ2n) is 4.81. The molecule has 0 spiro atoms. The lowest BCUT2D eigenvalue weighted by atomic mass is 9.94. The minimum absolute atomic E-state index is 0.144. The molecule has 1 nitrogen and oxygen atoms in total. The van der Waals surface area contributed by atoms with Crippen molar-refractivity contribution in [3.8, 4) is 0 Å². The Morgan fingerprint density at radius 3 is 2.65 bits per heavy atom. The van der Waals surface area contributed by atoms with Gasteiger partial charge in [0.05, 0.1) is 0 Å². The Kier molecular flexibility index (Phi) is 6.20. The summed E-state index contributed by atoms with van der Waals surface area (Å²) in [6.45, 7) is 7.59. The van der Waals surface area contributed by atoms with Gasteiger partial charge in [0.15, 0.2) is 0 Å². The third kappa shape index (κ3) is 4.86. The number of nitrogens with one attached hydrogen (secondary N) is 1. The Labute approximate surface area is 104 Å². The van der Waals surface area contributed by atoms with Gasteiger partial charge in [0.1, 0.15) is 5.82 Å². The summed E-state index contributed by atoms with van der Waals surface area (Å²) in [5.41, 5.74) is 1.07. The summed E-state index contributed by atoms with van der Waals surface area (Å²) in [5.74, 6) is 0.516. The van der Waals surface area contributed by atoms with E-state index >= 15 is 0 Å². The first-order valence-corrected chi connectivity index (χ1v) is 6.66. The lowest BCUT2D eigenvalue weighted by Crippen LogP contribution is -2.24. The molecule has 1 aromatic rings. The highest BCUT2D eigenvalue weighted by atomic mass is 19.1. The van der Waals surface area contributed by atoms with E-state index in [9.17, 15) is 4.39 Å². The summed E-state index contributed by atoms with van der Waals surface area (Å²) in [5, 5.41) is 3.51. The van der Waals surface area contributed by atoms with Crippen molar-refractivity contribution in [2.75, 3.05) is 6.54 Å². The first-order chi connectivity index (χ1) is 8.17. The monoisotopic (exact) mass is 237 g/mol. The zero-order chi connectivity index (χ0) is 12.7. The van der Waals surface area contributed by atoms with Crippen molar-refractivity contribution in [1.29, 1.82) is 0 Å². The number of rotatable bonds is 7. The lowest BCUT2D eigenvalue weighted by Gasteiger charge is -2.22. The molecule has 1 N–H and O–H groups in total. The van der Waals surface area contributed by atoms with E-state index in [2.05, 4.69) is 26.1 Å². The van der Waals surface area contributed by atoms with Crippen molar-refractivity contribution in [2.45, 2.75) is 46.1 Å².